The molecule has 0 aliphatic carbocycles. The molecule has 5 nitrogen and oxygen atoms in total. The summed E-state index contributed by atoms with van der Waals surface area (Å²) in [5.41, 5.74) is 5.76. The second kappa shape index (κ2) is 10.9. The molecule has 4 rings (SSSR count). The molecule has 2 atom stereocenters. The predicted octanol–water partition coefficient (Wildman–Crippen LogP) is 7.18. The Kier molecular flexibility index (Phi) is 7.86. The van der Waals surface area contributed by atoms with Gasteiger partial charge in [-0.1, -0.05) is 39.7 Å². The first-order chi connectivity index (χ1) is 17.2. The Labute approximate surface area is 224 Å². The average molecular weight is 568 g/mol. The fourth-order valence-corrected chi connectivity index (χ4v) is 4.71. The molecule has 36 heavy (non-hydrogen) atoms. The van der Waals surface area contributed by atoms with Gasteiger partial charge in [-0.15, -0.1) is 0 Å². The summed E-state index contributed by atoms with van der Waals surface area (Å²) < 4.78 is 8.84. The number of nitrogens with one attached hydrogen (secondary N) is 1. The van der Waals surface area contributed by atoms with Crippen molar-refractivity contribution in [3.63, 3.8) is 0 Å². The van der Waals surface area contributed by atoms with Crippen LogP contribution < -0.4 is 10.1 Å². The molecule has 0 unspecified atom stereocenters. The number of halogens is 2. The van der Waals surface area contributed by atoms with Crippen molar-refractivity contribution in [2.24, 2.45) is 0 Å². The van der Waals surface area contributed by atoms with Crippen molar-refractivity contribution >= 4 is 50.6 Å². The molecular formula is C29H28BrClN2O3. The molecule has 3 aromatic carbocycles. The molecular weight excluding hydrogens is 540 g/mol. The van der Waals surface area contributed by atoms with Crippen LogP contribution in [0.2, 0.25) is 5.02 Å². The molecule has 0 aliphatic heterocycles. The Morgan fingerprint density at radius 1 is 1.08 bits per heavy atom. The van der Waals surface area contributed by atoms with E-state index in [4.69, 9.17) is 16.3 Å². The Hall–Kier alpha value is -3.09. The van der Waals surface area contributed by atoms with Crippen molar-refractivity contribution in [2.75, 3.05) is 0 Å². The van der Waals surface area contributed by atoms with E-state index < -0.39 is 6.10 Å². The zero-order valence-corrected chi connectivity index (χ0v) is 23.0. The lowest BCUT2D eigenvalue weighted by molar-refractivity contribution is -0.113. The zero-order valence-electron chi connectivity index (χ0n) is 20.6. The fourth-order valence-electron chi connectivity index (χ4n) is 4.27. The number of nitrogens with zero attached hydrogens (tertiary/aromatic N) is 1. The topological polar surface area (TPSA) is 60.3 Å². The summed E-state index contributed by atoms with van der Waals surface area (Å²) in [6.45, 7) is 8.33. The Balaban J connectivity index is 1.61. The molecule has 1 N–H and O–H groups in total. The molecule has 1 aromatic heterocycles. The maximum atomic E-state index is 13.0. The standard InChI is InChI=1S/C29H28BrClN2O3/c1-17(16-34)36-25-10-11-27(31)23(13-25)15-33-20(4)18(2)26-14-22(7-12-28(26)33)29(35)32-19(3)21-5-8-24(30)9-6-21/h5-14,16-17,19H,15H2,1-4H3,(H,32,35)/t17-,19-/m0/s1. The van der Waals surface area contributed by atoms with Gasteiger partial charge in [0.2, 0.25) is 0 Å². The molecule has 0 spiro atoms. The van der Waals surface area contributed by atoms with Crippen LogP contribution in [0.5, 0.6) is 5.75 Å². The van der Waals surface area contributed by atoms with E-state index in [1.165, 1.54) is 0 Å². The number of aryl methyl sites for hydroxylation is 1. The molecule has 186 valence electrons. The fraction of sp³-hybridized carbons (Fsp3) is 0.241. The van der Waals surface area contributed by atoms with Crippen LogP contribution >= 0.6 is 27.5 Å². The first kappa shape index (κ1) is 26.0. The van der Waals surface area contributed by atoms with Crippen molar-refractivity contribution in [1.29, 1.82) is 0 Å². The van der Waals surface area contributed by atoms with E-state index in [0.717, 1.165) is 44.0 Å². The normalized spacial score (nSPS) is 12.8. The molecule has 0 saturated heterocycles. The summed E-state index contributed by atoms with van der Waals surface area (Å²) in [4.78, 5) is 24.0. The highest BCUT2D eigenvalue weighted by atomic mass is 79.9. The van der Waals surface area contributed by atoms with E-state index in [2.05, 4.69) is 39.7 Å². The maximum absolute atomic E-state index is 13.0. The summed E-state index contributed by atoms with van der Waals surface area (Å²) in [7, 11) is 0. The molecule has 7 heteroatoms. The van der Waals surface area contributed by atoms with Crippen molar-refractivity contribution in [3.05, 3.63) is 98.1 Å². The minimum absolute atomic E-state index is 0.116. The first-order valence-corrected chi connectivity index (χ1v) is 12.9. The number of aromatic nitrogens is 1. The van der Waals surface area contributed by atoms with E-state index in [-0.39, 0.29) is 11.9 Å². The lowest BCUT2D eigenvalue weighted by atomic mass is 10.1. The lowest BCUT2D eigenvalue weighted by Gasteiger charge is -2.15. The number of fused-ring (bicyclic) bond motifs is 1. The van der Waals surface area contributed by atoms with E-state index in [1.807, 2.05) is 55.5 Å². The van der Waals surface area contributed by atoms with Crippen LogP contribution in [-0.2, 0) is 11.3 Å². The number of rotatable bonds is 8. The second-order valence-corrected chi connectivity index (χ2v) is 10.3. The summed E-state index contributed by atoms with van der Waals surface area (Å²) in [6.07, 6.45) is 0.223. The van der Waals surface area contributed by atoms with Crippen LogP contribution in [0.25, 0.3) is 10.9 Å². The quantitative estimate of drug-likeness (QED) is 0.229. The SMILES string of the molecule is Cc1c(C)n(Cc2cc(O[C@@H](C)C=O)ccc2Cl)c2ccc(C(=O)N[C@@H](C)c3ccc(Br)cc3)cc12. The van der Waals surface area contributed by atoms with E-state index in [1.54, 1.807) is 19.1 Å². The number of amides is 1. The van der Waals surface area contributed by atoms with Crippen LogP contribution in [0.15, 0.2) is 65.1 Å². The van der Waals surface area contributed by atoms with Crippen LogP contribution in [0.4, 0.5) is 0 Å². The molecule has 0 bridgehead atoms. The maximum Gasteiger partial charge on any atom is 0.251 e. The van der Waals surface area contributed by atoms with Crippen molar-refractivity contribution in [3.8, 4) is 5.75 Å². The third-order valence-corrected chi connectivity index (χ3v) is 7.38. The minimum Gasteiger partial charge on any atom is -0.483 e. The van der Waals surface area contributed by atoms with Gasteiger partial charge in [0.25, 0.3) is 5.91 Å². The smallest absolute Gasteiger partial charge is 0.251 e. The van der Waals surface area contributed by atoms with Gasteiger partial charge in [-0.05, 0) is 92.9 Å². The summed E-state index contributed by atoms with van der Waals surface area (Å²) in [5.74, 6) is 0.480. The van der Waals surface area contributed by atoms with Crippen LogP contribution in [0.3, 0.4) is 0 Å². The van der Waals surface area contributed by atoms with Crippen LogP contribution in [0, 0.1) is 13.8 Å². The van der Waals surface area contributed by atoms with Gasteiger partial charge in [-0.2, -0.15) is 0 Å². The molecule has 0 radical (unpaired) electrons. The first-order valence-electron chi connectivity index (χ1n) is 11.7. The predicted molar refractivity (Wildman–Crippen MR) is 148 cm³/mol. The molecule has 0 fully saturated rings. The average Bonchev–Trinajstić information content (AvgIpc) is 3.10. The number of aldehydes is 1. The van der Waals surface area contributed by atoms with Gasteiger partial charge in [0.05, 0.1) is 6.04 Å². The lowest BCUT2D eigenvalue weighted by Crippen LogP contribution is -2.26. The summed E-state index contributed by atoms with van der Waals surface area (Å²) >= 11 is 9.95. The van der Waals surface area contributed by atoms with Gasteiger partial charge in [-0.25, -0.2) is 0 Å². The van der Waals surface area contributed by atoms with Gasteiger partial charge in [0.1, 0.15) is 5.75 Å². The minimum atomic E-state index is -0.536. The number of ether oxygens (including phenoxy) is 1. The molecule has 4 aromatic rings. The number of hydrogen-bond acceptors (Lipinski definition) is 3. The van der Waals surface area contributed by atoms with E-state index >= 15 is 0 Å². The van der Waals surface area contributed by atoms with Crippen LogP contribution in [0.1, 0.15) is 52.6 Å². The van der Waals surface area contributed by atoms with Gasteiger partial charge >= 0.3 is 0 Å². The van der Waals surface area contributed by atoms with Gasteiger partial charge in [-0.3, -0.25) is 9.59 Å². The van der Waals surface area contributed by atoms with Crippen LogP contribution in [-0.4, -0.2) is 22.9 Å². The third-order valence-electron chi connectivity index (χ3n) is 6.48. The van der Waals surface area contributed by atoms with Crippen molar-refractivity contribution in [2.45, 2.75) is 46.4 Å². The largest absolute Gasteiger partial charge is 0.483 e. The number of hydrogen-bond donors (Lipinski definition) is 1. The highest BCUT2D eigenvalue weighted by Gasteiger charge is 2.17. The van der Waals surface area contributed by atoms with E-state index in [9.17, 15) is 9.59 Å². The molecule has 0 saturated carbocycles. The molecule has 1 heterocycles. The Morgan fingerprint density at radius 3 is 2.50 bits per heavy atom. The van der Waals surface area contributed by atoms with E-state index in [0.29, 0.717) is 22.9 Å². The summed E-state index contributed by atoms with van der Waals surface area (Å²) in [6, 6.07) is 19.0. The molecule has 1 amide bonds. The Morgan fingerprint density at radius 2 is 1.81 bits per heavy atom. The highest BCUT2D eigenvalue weighted by molar-refractivity contribution is 9.10. The second-order valence-electron chi connectivity index (χ2n) is 8.99. The number of carbonyl (C=O) groups excluding carboxylic acids is 2. The number of benzene rings is 3. The summed E-state index contributed by atoms with van der Waals surface area (Å²) in [5, 5.41) is 4.74. The van der Waals surface area contributed by atoms with Crippen molar-refractivity contribution in [1.82, 2.24) is 9.88 Å². The Bertz CT molecular complexity index is 1430. The third kappa shape index (κ3) is 5.50. The zero-order chi connectivity index (χ0) is 26.0. The van der Waals surface area contributed by atoms with Crippen molar-refractivity contribution < 1.29 is 14.3 Å². The molecule has 0 aliphatic rings. The number of carbonyl (C=O) groups is 2. The van der Waals surface area contributed by atoms with Gasteiger partial charge in [0, 0.05) is 38.2 Å². The highest BCUT2D eigenvalue weighted by Crippen LogP contribution is 2.30. The monoisotopic (exact) mass is 566 g/mol. The van der Waals surface area contributed by atoms with Gasteiger partial charge < -0.3 is 14.6 Å². The van der Waals surface area contributed by atoms with Gasteiger partial charge in [0.15, 0.2) is 12.4 Å².